The summed E-state index contributed by atoms with van der Waals surface area (Å²) in [6.07, 6.45) is 1.65. The number of nitrogens with zero attached hydrogens (tertiary/aromatic N) is 3. The van der Waals surface area contributed by atoms with Crippen molar-refractivity contribution >= 4 is 27.8 Å². The average Bonchev–Trinajstić information content (AvgIpc) is 3.32. The minimum absolute atomic E-state index is 0.0140. The Morgan fingerprint density at radius 2 is 1.79 bits per heavy atom. The molecule has 0 saturated heterocycles. The molecule has 2 aromatic carbocycles. The van der Waals surface area contributed by atoms with Crippen LogP contribution in [0.4, 0.5) is 5.82 Å². The fourth-order valence-electron chi connectivity index (χ4n) is 4.51. The van der Waals surface area contributed by atoms with Gasteiger partial charge in [0.05, 0.1) is 44.5 Å². The fraction of sp³-hybridized carbons (Fsp3) is 0.467. The van der Waals surface area contributed by atoms with E-state index in [9.17, 15) is 0 Å². The minimum atomic E-state index is 0.0140. The van der Waals surface area contributed by atoms with Gasteiger partial charge < -0.3 is 34.5 Å². The summed E-state index contributed by atoms with van der Waals surface area (Å²) in [5, 5.41) is 14.4. The lowest BCUT2D eigenvalue weighted by Crippen LogP contribution is -2.26. The number of anilines is 1. The molecule has 9 heteroatoms. The standard InChI is InChI=1S/C30H41N5O4/c1-22(37-3)24-10-11-25-26(21-24)32-30-28(25)29(33-27(34-30)20-23-8-5-4-6-9-23)31-12-7-13-35(2)14-16-38-18-19-39-17-15-36/h4-6,8-11,21-22,36H,7,12-20H2,1-3H3,(H2,31,32,33,34). The van der Waals surface area contributed by atoms with Crippen molar-refractivity contribution in [2.24, 2.45) is 0 Å². The molecule has 39 heavy (non-hydrogen) atoms. The maximum absolute atomic E-state index is 8.72. The Kier molecular flexibility index (Phi) is 11.1. The number of H-pyrrole nitrogens is 1. The summed E-state index contributed by atoms with van der Waals surface area (Å²) >= 11 is 0. The lowest BCUT2D eigenvalue weighted by Gasteiger charge is -2.17. The van der Waals surface area contributed by atoms with Crippen LogP contribution in [0.15, 0.2) is 48.5 Å². The number of nitrogens with one attached hydrogen (secondary N) is 2. The van der Waals surface area contributed by atoms with Crippen molar-refractivity contribution in [3.63, 3.8) is 0 Å². The van der Waals surface area contributed by atoms with Gasteiger partial charge in [-0.2, -0.15) is 0 Å². The first-order valence-corrected chi connectivity index (χ1v) is 13.7. The minimum Gasteiger partial charge on any atom is -0.394 e. The van der Waals surface area contributed by atoms with Crippen LogP contribution in [0.25, 0.3) is 21.9 Å². The van der Waals surface area contributed by atoms with E-state index in [1.165, 1.54) is 5.56 Å². The zero-order valence-corrected chi connectivity index (χ0v) is 23.3. The first-order valence-electron chi connectivity index (χ1n) is 13.7. The molecule has 0 spiro atoms. The van der Waals surface area contributed by atoms with Crippen molar-refractivity contribution in [2.45, 2.75) is 25.9 Å². The predicted octanol–water partition coefficient (Wildman–Crippen LogP) is 4.17. The number of benzene rings is 2. The van der Waals surface area contributed by atoms with E-state index in [0.717, 1.165) is 65.2 Å². The zero-order valence-electron chi connectivity index (χ0n) is 23.3. The lowest BCUT2D eigenvalue weighted by atomic mass is 10.1. The van der Waals surface area contributed by atoms with E-state index in [2.05, 4.69) is 52.6 Å². The molecule has 0 aliphatic heterocycles. The van der Waals surface area contributed by atoms with E-state index in [-0.39, 0.29) is 12.7 Å². The number of aromatic nitrogens is 3. The smallest absolute Gasteiger partial charge is 0.144 e. The molecule has 2 heterocycles. The molecule has 4 aromatic rings. The largest absolute Gasteiger partial charge is 0.394 e. The highest BCUT2D eigenvalue weighted by molar-refractivity contribution is 6.11. The van der Waals surface area contributed by atoms with Gasteiger partial charge in [-0.25, -0.2) is 9.97 Å². The fourth-order valence-corrected chi connectivity index (χ4v) is 4.51. The van der Waals surface area contributed by atoms with Gasteiger partial charge in [0, 0.05) is 37.5 Å². The van der Waals surface area contributed by atoms with Crippen molar-refractivity contribution in [3.8, 4) is 0 Å². The maximum atomic E-state index is 8.72. The Bertz CT molecular complexity index is 1300. The molecule has 0 amide bonds. The molecular formula is C30H41N5O4. The van der Waals surface area contributed by atoms with Crippen molar-refractivity contribution in [3.05, 3.63) is 65.5 Å². The zero-order chi connectivity index (χ0) is 27.5. The molecule has 1 unspecified atom stereocenters. The van der Waals surface area contributed by atoms with Crippen LogP contribution in [0.1, 0.15) is 36.4 Å². The van der Waals surface area contributed by atoms with Crippen molar-refractivity contribution < 1.29 is 19.3 Å². The number of aromatic amines is 1. The van der Waals surface area contributed by atoms with Gasteiger partial charge in [0.2, 0.25) is 0 Å². The van der Waals surface area contributed by atoms with E-state index in [1.807, 2.05) is 25.1 Å². The summed E-state index contributed by atoms with van der Waals surface area (Å²) in [4.78, 5) is 15.7. The summed E-state index contributed by atoms with van der Waals surface area (Å²) in [7, 11) is 3.83. The molecule has 0 radical (unpaired) electrons. The average molecular weight is 536 g/mol. The third kappa shape index (κ3) is 8.20. The predicted molar refractivity (Wildman–Crippen MR) is 155 cm³/mol. The Morgan fingerprint density at radius 3 is 2.56 bits per heavy atom. The van der Waals surface area contributed by atoms with Crippen LogP contribution in [0.3, 0.4) is 0 Å². The Morgan fingerprint density at radius 1 is 1.00 bits per heavy atom. The summed E-state index contributed by atoms with van der Waals surface area (Å²) in [6, 6.07) is 16.7. The van der Waals surface area contributed by atoms with E-state index in [0.29, 0.717) is 32.8 Å². The van der Waals surface area contributed by atoms with Crippen molar-refractivity contribution in [1.29, 1.82) is 0 Å². The monoisotopic (exact) mass is 535 g/mol. The molecule has 0 saturated carbocycles. The number of methoxy groups -OCH3 is 1. The number of hydrogen-bond acceptors (Lipinski definition) is 8. The summed E-state index contributed by atoms with van der Waals surface area (Å²) in [5.41, 5.74) is 4.17. The van der Waals surface area contributed by atoms with Gasteiger partial charge in [-0.1, -0.05) is 42.5 Å². The second kappa shape index (κ2) is 14.9. The number of rotatable bonds is 17. The summed E-state index contributed by atoms with van der Waals surface area (Å²) in [5.74, 6) is 1.64. The first kappa shape index (κ1) is 28.9. The van der Waals surface area contributed by atoms with Crippen molar-refractivity contribution in [1.82, 2.24) is 19.9 Å². The number of aliphatic hydroxyl groups is 1. The third-order valence-corrected chi connectivity index (χ3v) is 6.78. The quantitative estimate of drug-likeness (QED) is 0.173. The van der Waals surface area contributed by atoms with Gasteiger partial charge in [0.15, 0.2) is 0 Å². The van der Waals surface area contributed by atoms with Crippen LogP contribution in [-0.4, -0.2) is 91.8 Å². The highest BCUT2D eigenvalue weighted by Crippen LogP contribution is 2.32. The Labute approximate surface area is 230 Å². The number of fused-ring (bicyclic) bond motifs is 3. The van der Waals surface area contributed by atoms with E-state index < -0.39 is 0 Å². The van der Waals surface area contributed by atoms with E-state index >= 15 is 0 Å². The number of hydrogen-bond donors (Lipinski definition) is 3. The van der Waals surface area contributed by atoms with Crippen LogP contribution in [0.2, 0.25) is 0 Å². The topological polar surface area (TPSA) is 105 Å². The number of aliphatic hydroxyl groups excluding tert-OH is 1. The molecule has 3 N–H and O–H groups in total. The van der Waals surface area contributed by atoms with Crippen LogP contribution < -0.4 is 5.32 Å². The van der Waals surface area contributed by atoms with Gasteiger partial charge in [0.25, 0.3) is 0 Å². The van der Waals surface area contributed by atoms with Crippen LogP contribution in [-0.2, 0) is 20.6 Å². The molecular weight excluding hydrogens is 494 g/mol. The molecule has 0 aliphatic rings. The molecule has 1 atom stereocenters. The Balaban J connectivity index is 1.42. The van der Waals surface area contributed by atoms with Gasteiger partial charge in [-0.3, -0.25) is 0 Å². The molecule has 210 valence electrons. The number of ether oxygens (including phenoxy) is 3. The normalized spacial score (nSPS) is 12.5. The molecule has 2 aromatic heterocycles. The molecule has 0 aliphatic carbocycles. The highest BCUT2D eigenvalue weighted by Gasteiger charge is 2.16. The second-order valence-electron chi connectivity index (χ2n) is 9.71. The van der Waals surface area contributed by atoms with Gasteiger partial charge in [-0.05, 0) is 44.1 Å². The van der Waals surface area contributed by atoms with Crippen molar-refractivity contribution in [2.75, 3.05) is 72.1 Å². The molecule has 4 rings (SSSR count). The maximum Gasteiger partial charge on any atom is 0.144 e. The van der Waals surface area contributed by atoms with Crippen LogP contribution in [0, 0.1) is 0 Å². The van der Waals surface area contributed by atoms with Gasteiger partial charge >= 0.3 is 0 Å². The van der Waals surface area contributed by atoms with Crippen LogP contribution in [0.5, 0.6) is 0 Å². The van der Waals surface area contributed by atoms with Gasteiger partial charge in [0.1, 0.15) is 17.3 Å². The summed E-state index contributed by atoms with van der Waals surface area (Å²) < 4.78 is 16.3. The first-order chi connectivity index (χ1) is 19.1. The van der Waals surface area contributed by atoms with Gasteiger partial charge in [-0.15, -0.1) is 0 Å². The SMILES string of the molecule is COC(C)c1ccc2c(c1)[nH]c1nc(Cc3ccccc3)nc(NCCCN(C)CCOCCOCCO)c12. The summed E-state index contributed by atoms with van der Waals surface area (Å²) in [6.45, 7) is 6.73. The molecule has 9 nitrogen and oxygen atoms in total. The van der Waals surface area contributed by atoms with Crippen LogP contribution >= 0.6 is 0 Å². The lowest BCUT2D eigenvalue weighted by molar-refractivity contribution is 0.0282. The molecule has 0 bridgehead atoms. The Hall–Kier alpha value is -3.08. The molecule has 0 fully saturated rings. The van der Waals surface area contributed by atoms with E-state index in [4.69, 9.17) is 29.3 Å². The highest BCUT2D eigenvalue weighted by atomic mass is 16.5. The van der Waals surface area contributed by atoms with E-state index in [1.54, 1.807) is 7.11 Å². The number of likely N-dealkylation sites (N-methyl/N-ethyl adjacent to an activating group) is 1. The second-order valence-corrected chi connectivity index (χ2v) is 9.71. The third-order valence-electron chi connectivity index (χ3n) is 6.78.